The summed E-state index contributed by atoms with van der Waals surface area (Å²) in [5.41, 5.74) is 4.61. The van der Waals surface area contributed by atoms with E-state index < -0.39 is 0 Å². The summed E-state index contributed by atoms with van der Waals surface area (Å²) in [7, 11) is 0. The first kappa shape index (κ1) is 16.2. The Labute approximate surface area is 148 Å². The van der Waals surface area contributed by atoms with Gasteiger partial charge in [0.2, 0.25) is 0 Å². The van der Waals surface area contributed by atoms with Gasteiger partial charge in [0.15, 0.2) is 0 Å². The van der Waals surface area contributed by atoms with E-state index in [2.05, 4.69) is 35.6 Å². The average molecular weight is 339 g/mol. The van der Waals surface area contributed by atoms with Gasteiger partial charge in [0.25, 0.3) is 0 Å². The van der Waals surface area contributed by atoms with Gasteiger partial charge >= 0.3 is 6.03 Å². The number of rotatable bonds is 3. The molecule has 2 heterocycles. The molecule has 2 amide bonds. The van der Waals surface area contributed by atoms with Crippen LogP contribution in [0.15, 0.2) is 28.8 Å². The summed E-state index contributed by atoms with van der Waals surface area (Å²) in [6.07, 6.45) is 3.62. The molecule has 2 aliphatic rings. The van der Waals surface area contributed by atoms with E-state index in [0.29, 0.717) is 6.54 Å². The number of amides is 2. The zero-order chi connectivity index (χ0) is 17.6. The summed E-state index contributed by atoms with van der Waals surface area (Å²) >= 11 is 0. The highest BCUT2D eigenvalue weighted by Gasteiger charge is 2.48. The molecule has 1 fully saturated rings. The van der Waals surface area contributed by atoms with Crippen LogP contribution < -0.4 is 10.2 Å². The molecule has 0 bridgehead atoms. The molecule has 1 saturated carbocycles. The highest BCUT2D eigenvalue weighted by atomic mass is 16.5. The third-order valence-electron chi connectivity index (χ3n) is 5.92. The van der Waals surface area contributed by atoms with Gasteiger partial charge in [0.1, 0.15) is 5.76 Å². The monoisotopic (exact) mass is 339 g/mol. The maximum atomic E-state index is 12.9. The maximum absolute atomic E-state index is 12.9. The van der Waals surface area contributed by atoms with E-state index in [4.69, 9.17) is 4.52 Å². The molecule has 132 valence electrons. The standard InChI is InChI=1S/C20H25N3O2/c1-13(18-14(2)22-25-15(18)3)11-21-19(24)23-12-20(9-6-10-20)16-7-4-5-8-17(16)23/h4-5,7-8,13H,6,9-12H2,1-3H3,(H,21,24)/t13-/m0/s1. The van der Waals surface area contributed by atoms with E-state index in [1.54, 1.807) is 0 Å². The number of carbonyl (C=O) groups is 1. The lowest BCUT2D eigenvalue weighted by atomic mass is 9.66. The van der Waals surface area contributed by atoms with Crippen LogP contribution in [-0.4, -0.2) is 24.3 Å². The number of benzene rings is 1. The van der Waals surface area contributed by atoms with Crippen molar-refractivity contribution in [2.24, 2.45) is 0 Å². The van der Waals surface area contributed by atoms with E-state index in [1.807, 2.05) is 24.8 Å². The van der Waals surface area contributed by atoms with E-state index in [-0.39, 0.29) is 17.4 Å². The number of carbonyl (C=O) groups excluding carboxylic acids is 1. The van der Waals surface area contributed by atoms with Gasteiger partial charge in [-0.25, -0.2) is 4.79 Å². The molecule has 1 N–H and O–H groups in total. The number of nitrogens with zero attached hydrogens (tertiary/aromatic N) is 2. The lowest BCUT2D eigenvalue weighted by molar-refractivity contribution is 0.235. The van der Waals surface area contributed by atoms with Crippen LogP contribution in [0.1, 0.15) is 54.7 Å². The fourth-order valence-electron chi connectivity index (χ4n) is 4.47. The average Bonchev–Trinajstić information content (AvgIpc) is 3.10. The van der Waals surface area contributed by atoms with Gasteiger partial charge in [0, 0.05) is 35.7 Å². The van der Waals surface area contributed by atoms with Crippen molar-refractivity contribution < 1.29 is 9.32 Å². The summed E-state index contributed by atoms with van der Waals surface area (Å²) in [5, 5.41) is 7.12. The van der Waals surface area contributed by atoms with Crippen molar-refractivity contribution in [2.75, 3.05) is 18.0 Å². The molecule has 4 rings (SSSR count). The number of para-hydroxylation sites is 1. The summed E-state index contributed by atoms with van der Waals surface area (Å²) in [6.45, 7) is 7.34. The van der Waals surface area contributed by atoms with Crippen molar-refractivity contribution in [3.63, 3.8) is 0 Å². The van der Waals surface area contributed by atoms with Crippen LogP contribution in [0.25, 0.3) is 0 Å². The largest absolute Gasteiger partial charge is 0.361 e. The normalized spacial score (nSPS) is 18.8. The smallest absolute Gasteiger partial charge is 0.321 e. The van der Waals surface area contributed by atoms with Crippen LogP contribution in [0.5, 0.6) is 0 Å². The molecule has 1 spiro atoms. The van der Waals surface area contributed by atoms with Gasteiger partial charge < -0.3 is 9.84 Å². The van der Waals surface area contributed by atoms with Crippen LogP contribution in [0, 0.1) is 13.8 Å². The molecule has 1 aromatic carbocycles. The minimum atomic E-state index is -0.00478. The van der Waals surface area contributed by atoms with Crippen molar-refractivity contribution in [1.29, 1.82) is 0 Å². The second-order valence-corrected chi connectivity index (χ2v) is 7.56. The molecule has 0 radical (unpaired) electrons. The quantitative estimate of drug-likeness (QED) is 0.918. The van der Waals surface area contributed by atoms with E-state index in [0.717, 1.165) is 29.2 Å². The fourth-order valence-corrected chi connectivity index (χ4v) is 4.47. The topological polar surface area (TPSA) is 58.4 Å². The Morgan fingerprint density at radius 3 is 2.76 bits per heavy atom. The van der Waals surface area contributed by atoms with Crippen LogP contribution in [0.2, 0.25) is 0 Å². The molecule has 2 aromatic rings. The number of aromatic nitrogens is 1. The first-order valence-electron chi connectivity index (χ1n) is 9.09. The number of fused-ring (bicyclic) bond motifs is 2. The second kappa shape index (κ2) is 5.90. The SMILES string of the molecule is Cc1noc(C)c1[C@@H](C)CNC(=O)N1CC2(CCC2)c2ccccc21. The van der Waals surface area contributed by atoms with Gasteiger partial charge in [0.05, 0.1) is 5.69 Å². The molecule has 5 nitrogen and oxygen atoms in total. The van der Waals surface area contributed by atoms with Gasteiger partial charge in [-0.2, -0.15) is 0 Å². The second-order valence-electron chi connectivity index (χ2n) is 7.56. The number of anilines is 1. The van der Waals surface area contributed by atoms with E-state index in [9.17, 15) is 4.79 Å². The number of hydrogen-bond acceptors (Lipinski definition) is 3. The molecule has 1 aliphatic carbocycles. The zero-order valence-corrected chi connectivity index (χ0v) is 15.1. The Bertz CT molecular complexity index is 788. The van der Waals surface area contributed by atoms with Gasteiger partial charge in [-0.05, 0) is 38.3 Å². The molecular formula is C20H25N3O2. The molecule has 1 aromatic heterocycles. The van der Waals surface area contributed by atoms with Gasteiger partial charge in [-0.15, -0.1) is 0 Å². The van der Waals surface area contributed by atoms with Gasteiger partial charge in [-0.1, -0.05) is 36.7 Å². The fraction of sp³-hybridized carbons (Fsp3) is 0.500. The van der Waals surface area contributed by atoms with E-state index >= 15 is 0 Å². The number of nitrogens with one attached hydrogen (secondary N) is 1. The molecular weight excluding hydrogens is 314 g/mol. The highest BCUT2D eigenvalue weighted by molar-refractivity contribution is 5.95. The predicted molar refractivity (Wildman–Crippen MR) is 97.1 cm³/mol. The van der Waals surface area contributed by atoms with Crippen LogP contribution >= 0.6 is 0 Å². The minimum absolute atomic E-state index is 0.00478. The molecule has 25 heavy (non-hydrogen) atoms. The molecule has 1 atom stereocenters. The van der Waals surface area contributed by atoms with E-state index in [1.165, 1.54) is 24.8 Å². The summed E-state index contributed by atoms with van der Waals surface area (Å²) in [5.74, 6) is 1.00. The summed E-state index contributed by atoms with van der Waals surface area (Å²) < 4.78 is 5.25. The van der Waals surface area contributed by atoms with Crippen molar-refractivity contribution in [3.05, 3.63) is 46.8 Å². The highest BCUT2D eigenvalue weighted by Crippen LogP contribution is 2.52. The first-order chi connectivity index (χ1) is 12.0. The maximum Gasteiger partial charge on any atom is 0.321 e. The molecule has 0 saturated heterocycles. The Morgan fingerprint density at radius 2 is 2.12 bits per heavy atom. The lowest BCUT2D eigenvalue weighted by Gasteiger charge is -2.38. The van der Waals surface area contributed by atoms with Crippen molar-refractivity contribution >= 4 is 11.7 Å². The van der Waals surface area contributed by atoms with Crippen LogP contribution in [-0.2, 0) is 5.41 Å². The van der Waals surface area contributed by atoms with Crippen molar-refractivity contribution in [3.8, 4) is 0 Å². The number of aryl methyl sites for hydroxylation is 2. The van der Waals surface area contributed by atoms with Crippen molar-refractivity contribution in [2.45, 2.75) is 51.4 Å². The molecule has 0 unspecified atom stereocenters. The number of urea groups is 1. The zero-order valence-electron chi connectivity index (χ0n) is 15.1. The Hall–Kier alpha value is -2.30. The van der Waals surface area contributed by atoms with Gasteiger partial charge in [-0.3, -0.25) is 4.90 Å². The Morgan fingerprint density at radius 1 is 1.36 bits per heavy atom. The third-order valence-corrected chi connectivity index (χ3v) is 5.92. The Balaban J connectivity index is 1.47. The lowest BCUT2D eigenvalue weighted by Crippen LogP contribution is -2.45. The van der Waals surface area contributed by atoms with Crippen molar-refractivity contribution in [1.82, 2.24) is 10.5 Å². The Kier molecular flexibility index (Phi) is 3.82. The van der Waals surface area contributed by atoms with Crippen LogP contribution in [0.4, 0.5) is 10.5 Å². The first-order valence-corrected chi connectivity index (χ1v) is 9.09. The molecule has 1 aliphatic heterocycles. The summed E-state index contributed by atoms with van der Waals surface area (Å²) in [6, 6.07) is 8.35. The van der Waals surface area contributed by atoms with Crippen LogP contribution in [0.3, 0.4) is 0 Å². The summed E-state index contributed by atoms with van der Waals surface area (Å²) in [4.78, 5) is 14.8. The third kappa shape index (κ3) is 2.53. The molecule has 5 heteroatoms. The minimum Gasteiger partial charge on any atom is -0.361 e. The number of hydrogen-bond donors (Lipinski definition) is 1. The predicted octanol–water partition coefficient (Wildman–Crippen LogP) is 4.05.